The summed E-state index contributed by atoms with van der Waals surface area (Å²) in [4.78, 5) is 12.1. The first-order valence-electron chi connectivity index (χ1n) is 8.80. The molecule has 1 atom stereocenters. The van der Waals surface area contributed by atoms with E-state index in [4.69, 9.17) is 0 Å². The molecule has 1 heterocycles. The van der Waals surface area contributed by atoms with E-state index < -0.39 is 10.0 Å². The Hall–Kier alpha value is -1.40. The zero-order chi connectivity index (χ0) is 17.6. The number of hydrogen-bond acceptors (Lipinski definition) is 3. The molecule has 0 bridgehead atoms. The van der Waals surface area contributed by atoms with E-state index in [1.807, 2.05) is 6.92 Å². The predicted molar refractivity (Wildman–Crippen MR) is 96.3 cm³/mol. The first-order chi connectivity index (χ1) is 11.4. The molecule has 6 heteroatoms. The van der Waals surface area contributed by atoms with E-state index in [2.05, 4.69) is 12.2 Å². The van der Waals surface area contributed by atoms with E-state index in [0.29, 0.717) is 18.7 Å². The molecule has 0 radical (unpaired) electrons. The third kappa shape index (κ3) is 5.31. The van der Waals surface area contributed by atoms with Crippen molar-refractivity contribution in [1.82, 2.24) is 9.62 Å². The molecule has 1 aliphatic heterocycles. The number of piperidine rings is 1. The van der Waals surface area contributed by atoms with Gasteiger partial charge in [0.1, 0.15) is 0 Å². The maximum atomic E-state index is 12.4. The van der Waals surface area contributed by atoms with Crippen LogP contribution in [-0.2, 0) is 15.8 Å². The van der Waals surface area contributed by atoms with Crippen molar-refractivity contribution in [2.24, 2.45) is 0 Å². The van der Waals surface area contributed by atoms with E-state index in [9.17, 15) is 13.2 Å². The first-order valence-corrected chi connectivity index (χ1v) is 10.4. The van der Waals surface area contributed by atoms with E-state index >= 15 is 0 Å². The molecule has 0 aliphatic carbocycles. The number of carbonyl (C=O) groups is 1. The minimum atomic E-state index is -3.26. The smallest absolute Gasteiger partial charge is 0.251 e. The molecule has 1 N–H and O–H groups in total. The summed E-state index contributed by atoms with van der Waals surface area (Å²) in [5.74, 6) is -0.109. The van der Waals surface area contributed by atoms with Crippen LogP contribution in [-0.4, -0.2) is 37.8 Å². The van der Waals surface area contributed by atoms with Gasteiger partial charge in [-0.05, 0) is 43.9 Å². The molecule has 0 saturated carbocycles. The number of nitrogens with zero attached hydrogens (tertiary/aromatic N) is 1. The highest BCUT2D eigenvalue weighted by atomic mass is 32.2. The predicted octanol–water partition coefficient (Wildman–Crippen LogP) is 2.92. The number of nitrogens with one attached hydrogen (secondary N) is 1. The van der Waals surface area contributed by atoms with Crippen molar-refractivity contribution in [3.8, 4) is 0 Å². The van der Waals surface area contributed by atoms with Gasteiger partial charge in [0.25, 0.3) is 5.91 Å². The van der Waals surface area contributed by atoms with Gasteiger partial charge >= 0.3 is 0 Å². The molecular formula is C18H28N2O3S. The summed E-state index contributed by atoms with van der Waals surface area (Å²) in [5, 5.41) is 2.95. The second kappa shape index (κ2) is 8.62. The number of rotatable bonds is 7. The Kier molecular flexibility index (Phi) is 6.80. The number of amides is 1. The van der Waals surface area contributed by atoms with Crippen LogP contribution in [0, 0.1) is 0 Å². The molecule has 134 valence electrons. The third-order valence-corrected chi connectivity index (χ3v) is 6.22. The Labute approximate surface area is 145 Å². The van der Waals surface area contributed by atoms with Crippen LogP contribution in [0.5, 0.6) is 0 Å². The van der Waals surface area contributed by atoms with Crippen LogP contribution in [0.2, 0.25) is 0 Å². The van der Waals surface area contributed by atoms with Gasteiger partial charge in [0.15, 0.2) is 0 Å². The fourth-order valence-electron chi connectivity index (χ4n) is 3.01. The minimum Gasteiger partial charge on any atom is -0.350 e. The van der Waals surface area contributed by atoms with Gasteiger partial charge in [-0.2, -0.15) is 0 Å². The molecule has 1 aromatic rings. The van der Waals surface area contributed by atoms with Crippen LogP contribution >= 0.6 is 0 Å². The van der Waals surface area contributed by atoms with Gasteiger partial charge in [0, 0.05) is 24.7 Å². The number of benzene rings is 1. The largest absolute Gasteiger partial charge is 0.350 e. The van der Waals surface area contributed by atoms with Gasteiger partial charge in [0.2, 0.25) is 10.0 Å². The molecule has 1 saturated heterocycles. The summed E-state index contributed by atoms with van der Waals surface area (Å²) in [6.45, 7) is 5.32. The number of hydrogen-bond donors (Lipinski definition) is 1. The Balaban J connectivity index is 1.97. The van der Waals surface area contributed by atoms with Crippen LogP contribution in [0.25, 0.3) is 0 Å². The lowest BCUT2D eigenvalue weighted by atomic mass is 10.1. The van der Waals surface area contributed by atoms with Gasteiger partial charge in [-0.3, -0.25) is 4.79 Å². The third-order valence-electron chi connectivity index (χ3n) is 4.37. The maximum absolute atomic E-state index is 12.4. The summed E-state index contributed by atoms with van der Waals surface area (Å²) in [6, 6.07) is 7.02. The summed E-state index contributed by atoms with van der Waals surface area (Å²) in [5.41, 5.74) is 1.29. The van der Waals surface area contributed by atoms with Gasteiger partial charge in [-0.1, -0.05) is 31.9 Å². The van der Waals surface area contributed by atoms with Gasteiger partial charge in [-0.25, -0.2) is 12.7 Å². The van der Waals surface area contributed by atoms with Gasteiger partial charge in [-0.15, -0.1) is 0 Å². The molecule has 0 aromatic heterocycles. The van der Waals surface area contributed by atoms with E-state index in [-0.39, 0.29) is 17.7 Å². The normalized spacial score (nSPS) is 17.4. The molecule has 1 fully saturated rings. The van der Waals surface area contributed by atoms with Crippen LogP contribution < -0.4 is 5.32 Å². The average molecular weight is 353 g/mol. The number of carbonyl (C=O) groups excluding carboxylic acids is 1. The van der Waals surface area contributed by atoms with Crippen LogP contribution in [0.1, 0.15) is 61.9 Å². The maximum Gasteiger partial charge on any atom is 0.251 e. The summed E-state index contributed by atoms with van der Waals surface area (Å²) < 4.78 is 26.5. The summed E-state index contributed by atoms with van der Waals surface area (Å²) in [6.07, 6.45) is 4.95. The zero-order valence-corrected chi connectivity index (χ0v) is 15.4. The molecule has 24 heavy (non-hydrogen) atoms. The lowest BCUT2D eigenvalue weighted by Gasteiger charge is -2.25. The van der Waals surface area contributed by atoms with Crippen molar-refractivity contribution >= 4 is 15.9 Å². The number of sulfonamides is 1. The lowest BCUT2D eigenvalue weighted by molar-refractivity contribution is 0.0938. The fourth-order valence-corrected chi connectivity index (χ4v) is 4.62. The SMILES string of the molecule is CCC[C@@H](C)NC(=O)c1ccc(CS(=O)(=O)N2CCCCC2)cc1. The second-order valence-electron chi connectivity index (χ2n) is 6.58. The zero-order valence-electron chi connectivity index (χ0n) is 14.6. The van der Waals surface area contributed by atoms with Crippen molar-refractivity contribution in [3.05, 3.63) is 35.4 Å². The standard InChI is InChI=1S/C18H28N2O3S/c1-3-7-15(2)19-18(21)17-10-8-16(9-11-17)14-24(22,23)20-12-5-4-6-13-20/h8-11,15H,3-7,12-14H2,1-2H3,(H,19,21)/t15-/m1/s1. The van der Waals surface area contributed by atoms with E-state index in [1.165, 1.54) is 0 Å². The lowest BCUT2D eigenvalue weighted by Crippen LogP contribution is -2.36. The van der Waals surface area contributed by atoms with Crippen LogP contribution in [0.15, 0.2) is 24.3 Å². The minimum absolute atomic E-state index is 0.00113. The monoisotopic (exact) mass is 352 g/mol. The second-order valence-corrected chi connectivity index (χ2v) is 8.54. The van der Waals surface area contributed by atoms with Crippen molar-refractivity contribution in [2.45, 2.75) is 57.7 Å². The highest BCUT2D eigenvalue weighted by Crippen LogP contribution is 2.17. The molecule has 0 spiro atoms. The molecule has 5 nitrogen and oxygen atoms in total. The van der Waals surface area contributed by atoms with Crippen molar-refractivity contribution in [1.29, 1.82) is 0 Å². The first kappa shape index (κ1) is 18.9. The summed E-state index contributed by atoms with van der Waals surface area (Å²) >= 11 is 0. The molecule has 1 amide bonds. The molecule has 2 rings (SSSR count). The fraction of sp³-hybridized carbons (Fsp3) is 0.611. The molecular weight excluding hydrogens is 324 g/mol. The Morgan fingerprint density at radius 2 is 1.79 bits per heavy atom. The van der Waals surface area contributed by atoms with Crippen molar-refractivity contribution in [3.63, 3.8) is 0 Å². The molecule has 1 aromatic carbocycles. The van der Waals surface area contributed by atoms with Crippen LogP contribution in [0.4, 0.5) is 0 Å². The topological polar surface area (TPSA) is 66.5 Å². The average Bonchev–Trinajstić information content (AvgIpc) is 2.56. The highest BCUT2D eigenvalue weighted by Gasteiger charge is 2.24. The van der Waals surface area contributed by atoms with Gasteiger partial charge in [0.05, 0.1) is 5.75 Å². The Morgan fingerprint density at radius 3 is 2.38 bits per heavy atom. The summed E-state index contributed by atoms with van der Waals surface area (Å²) in [7, 11) is -3.26. The van der Waals surface area contributed by atoms with Crippen molar-refractivity contribution < 1.29 is 13.2 Å². The quantitative estimate of drug-likeness (QED) is 0.820. The van der Waals surface area contributed by atoms with E-state index in [1.54, 1.807) is 28.6 Å². The Bertz CT molecular complexity index is 635. The van der Waals surface area contributed by atoms with E-state index in [0.717, 1.165) is 37.7 Å². The van der Waals surface area contributed by atoms with Crippen molar-refractivity contribution in [2.75, 3.05) is 13.1 Å². The Morgan fingerprint density at radius 1 is 1.17 bits per heavy atom. The van der Waals surface area contributed by atoms with Gasteiger partial charge < -0.3 is 5.32 Å². The molecule has 1 aliphatic rings. The molecule has 0 unspecified atom stereocenters. The highest BCUT2D eigenvalue weighted by molar-refractivity contribution is 7.88. The van der Waals surface area contributed by atoms with Crippen LogP contribution in [0.3, 0.4) is 0 Å².